The molecule has 0 fully saturated rings. The van der Waals surface area contributed by atoms with Gasteiger partial charge in [-0.25, -0.2) is 9.66 Å². The maximum Gasteiger partial charge on any atom is 0.352 e. The molecule has 116 valence electrons. The Morgan fingerprint density at radius 3 is 2.64 bits per heavy atom. The average Bonchev–Trinajstić information content (AvgIpc) is 2.50. The topological polar surface area (TPSA) is 122 Å². The van der Waals surface area contributed by atoms with Gasteiger partial charge in [0, 0.05) is 18.4 Å². The molecule has 2 aromatic rings. The van der Waals surface area contributed by atoms with Crippen molar-refractivity contribution in [3.63, 3.8) is 0 Å². The minimum atomic E-state index is -4.21. The van der Waals surface area contributed by atoms with Crippen LogP contribution in [-0.4, -0.2) is 32.5 Å². The maximum absolute atomic E-state index is 12.3. The fraction of sp³-hybridized carbons (Fsp3) is 0.231. The summed E-state index contributed by atoms with van der Waals surface area (Å²) in [5.41, 5.74) is 0.677. The van der Waals surface area contributed by atoms with Gasteiger partial charge < -0.3 is 20.5 Å². The third-order valence-electron chi connectivity index (χ3n) is 3.64. The molecule has 0 radical (unpaired) electrons. The average molecular weight is 322 g/mol. The second-order valence-corrected chi connectivity index (χ2v) is 6.70. The molecule has 0 aliphatic carbocycles. The highest BCUT2D eigenvalue weighted by Crippen LogP contribution is 2.47. The first-order valence-electron chi connectivity index (χ1n) is 6.65. The second kappa shape index (κ2) is 5.24. The van der Waals surface area contributed by atoms with Crippen LogP contribution < -0.4 is 16.3 Å². The quantitative estimate of drug-likeness (QED) is 0.540. The van der Waals surface area contributed by atoms with E-state index in [-0.39, 0.29) is 24.1 Å². The Bertz CT molecular complexity index is 870. The van der Waals surface area contributed by atoms with Crippen molar-refractivity contribution in [2.45, 2.75) is 6.42 Å². The molecule has 0 atom stereocenters. The van der Waals surface area contributed by atoms with Crippen LogP contribution in [0.25, 0.3) is 11.0 Å². The van der Waals surface area contributed by atoms with Gasteiger partial charge >= 0.3 is 13.2 Å². The van der Waals surface area contributed by atoms with Crippen molar-refractivity contribution >= 4 is 24.4 Å². The monoisotopic (exact) mass is 322 g/mol. The normalized spacial score (nSPS) is 15.9. The molecule has 0 amide bonds. The van der Waals surface area contributed by atoms with Crippen molar-refractivity contribution in [1.29, 1.82) is 0 Å². The van der Waals surface area contributed by atoms with Crippen molar-refractivity contribution in [3.05, 3.63) is 46.0 Å². The summed E-state index contributed by atoms with van der Waals surface area (Å²) in [7, 11) is -4.21. The van der Waals surface area contributed by atoms with E-state index >= 15 is 0 Å². The summed E-state index contributed by atoms with van der Waals surface area (Å²) in [6.07, 6.45) is 1.63. The van der Waals surface area contributed by atoms with Gasteiger partial charge in [-0.3, -0.25) is 9.36 Å². The fourth-order valence-electron chi connectivity index (χ4n) is 2.46. The smallest absolute Gasteiger partial charge is 0.348 e. The number of hydrogen-bond acceptors (Lipinski definition) is 5. The number of fused-ring (bicyclic) bond motifs is 1. The Labute approximate surface area is 125 Å². The Balaban J connectivity index is 2.02. The summed E-state index contributed by atoms with van der Waals surface area (Å²) in [5, 5.41) is 0.0950. The molecule has 0 bridgehead atoms. The molecule has 0 spiro atoms. The van der Waals surface area contributed by atoms with Crippen LogP contribution in [0.2, 0.25) is 0 Å². The molecule has 22 heavy (non-hydrogen) atoms. The van der Waals surface area contributed by atoms with Gasteiger partial charge in [0.25, 0.3) is 0 Å². The summed E-state index contributed by atoms with van der Waals surface area (Å²) in [6.45, 7) is 0.512. The molecule has 4 N–H and O–H groups in total. The predicted molar refractivity (Wildman–Crippen MR) is 83.1 cm³/mol. The predicted octanol–water partition coefficient (Wildman–Crippen LogP) is 0.382. The van der Waals surface area contributed by atoms with E-state index in [9.17, 15) is 9.36 Å². The van der Waals surface area contributed by atoms with E-state index < -0.39 is 13.2 Å². The van der Waals surface area contributed by atoms with Crippen LogP contribution in [0, 0.1) is 0 Å². The van der Waals surface area contributed by atoms with Gasteiger partial charge in [0.1, 0.15) is 0 Å². The molecule has 0 saturated heterocycles. The first-order chi connectivity index (χ1) is 10.4. The highest BCUT2D eigenvalue weighted by molar-refractivity contribution is 7.56. The number of benzene rings is 1. The van der Waals surface area contributed by atoms with Gasteiger partial charge in [-0.05, 0) is 18.6 Å². The minimum Gasteiger partial charge on any atom is -0.348 e. The Morgan fingerprint density at radius 1 is 1.27 bits per heavy atom. The fourth-order valence-corrected chi connectivity index (χ4v) is 3.17. The molecule has 2 heterocycles. The minimum absolute atomic E-state index is 0.0950. The van der Waals surface area contributed by atoms with E-state index in [0.29, 0.717) is 17.6 Å². The van der Waals surface area contributed by atoms with Crippen molar-refractivity contribution in [1.82, 2.24) is 9.66 Å². The molecule has 1 aliphatic rings. The third kappa shape index (κ3) is 2.52. The highest BCUT2D eigenvalue weighted by atomic mass is 31.2. The van der Waals surface area contributed by atoms with E-state index in [1.54, 1.807) is 29.2 Å². The Kier molecular flexibility index (Phi) is 3.52. The van der Waals surface area contributed by atoms with Crippen molar-refractivity contribution in [2.75, 3.05) is 23.8 Å². The summed E-state index contributed by atoms with van der Waals surface area (Å²) >= 11 is 0. The molecule has 0 saturated carbocycles. The van der Waals surface area contributed by atoms with Gasteiger partial charge in [-0.2, -0.15) is 0 Å². The van der Waals surface area contributed by atoms with Gasteiger partial charge in [0.05, 0.1) is 11.0 Å². The van der Waals surface area contributed by atoms with Crippen LogP contribution >= 0.6 is 7.60 Å². The molecule has 0 unspecified atom stereocenters. The zero-order chi connectivity index (χ0) is 15.9. The van der Waals surface area contributed by atoms with Crippen molar-refractivity contribution in [3.8, 4) is 0 Å². The number of para-hydroxylation sites is 2. The van der Waals surface area contributed by atoms with Crippen LogP contribution in [0.3, 0.4) is 0 Å². The number of aromatic nitrogens is 2. The summed E-state index contributed by atoms with van der Waals surface area (Å²) in [4.78, 5) is 36.6. The molecule has 3 rings (SSSR count). The summed E-state index contributed by atoms with van der Waals surface area (Å²) in [6, 6.07) is 7.02. The summed E-state index contributed by atoms with van der Waals surface area (Å²) in [5.74, 6) is 6.00. The van der Waals surface area contributed by atoms with Crippen molar-refractivity contribution in [2.24, 2.45) is 0 Å². The SMILES string of the molecule is Nn1c(=O)c(N2CC=C(P(=O)(O)O)CC2)nc2ccccc21. The van der Waals surface area contributed by atoms with E-state index in [1.165, 1.54) is 6.08 Å². The lowest BCUT2D eigenvalue weighted by Gasteiger charge is -2.27. The van der Waals surface area contributed by atoms with E-state index in [4.69, 9.17) is 15.6 Å². The number of rotatable bonds is 2. The van der Waals surface area contributed by atoms with E-state index in [1.807, 2.05) is 0 Å². The first-order valence-corrected chi connectivity index (χ1v) is 8.26. The van der Waals surface area contributed by atoms with Gasteiger partial charge in [-0.15, -0.1) is 0 Å². The van der Waals surface area contributed by atoms with Crippen LogP contribution in [0.5, 0.6) is 0 Å². The van der Waals surface area contributed by atoms with Gasteiger partial charge in [0.2, 0.25) is 0 Å². The maximum atomic E-state index is 12.3. The zero-order valence-corrected chi connectivity index (χ0v) is 12.5. The van der Waals surface area contributed by atoms with Gasteiger partial charge in [0.15, 0.2) is 5.82 Å². The first kappa shape index (κ1) is 14.8. The molecular weight excluding hydrogens is 307 g/mol. The molecular formula is C13H15N4O4P. The number of nitrogen functional groups attached to an aromatic ring is 1. The lowest BCUT2D eigenvalue weighted by molar-refractivity contribution is 0.379. The molecule has 9 heteroatoms. The molecule has 8 nitrogen and oxygen atoms in total. The Hall–Kier alpha value is -2.15. The standard InChI is InChI=1S/C13H15N4O4P/c14-17-11-4-2-1-3-10(11)15-12(13(17)18)16-7-5-9(6-8-16)22(19,20)21/h1-5H,6-8,14H2,(H2,19,20,21). The lowest BCUT2D eigenvalue weighted by atomic mass is 10.2. The Morgan fingerprint density at radius 2 is 2.00 bits per heavy atom. The number of nitrogens with zero attached hydrogens (tertiary/aromatic N) is 3. The molecule has 1 aromatic heterocycles. The molecule has 1 aromatic carbocycles. The lowest BCUT2D eigenvalue weighted by Crippen LogP contribution is -2.38. The van der Waals surface area contributed by atoms with E-state index in [0.717, 1.165) is 4.68 Å². The zero-order valence-electron chi connectivity index (χ0n) is 11.6. The van der Waals surface area contributed by atoms with Crippen LogP contribution in [0.15, 0.2) is 40.5 Å². The third-order valence-corrected chi connectivity index (χ3v) is 4.79. The summed E-state index contributed by atoms with van der Waals surface area (Å²) < 4.78 is 12.3. The highest BCUT2D eigenvalue weighted by Gasteiger charge is 2.26. The van der Waals surface area contributed by atoms with Crippen molar-refractivity contribution < 1.29 is 14.4 Å². The number of anilines is 1. The van der Waals surface area contributed by atoms with E-state index in [2.05, 4.69) is 4.98 Å². The van der Waals surface area contributed by atoms with Crippen LogP contribution in [-0.2, 0) is 4.57 Å². The largest absolute Gasteiger partial charge is 0.352 e. The van der Waals surface area contributed by atoms with Crippen LogP contribution in [0.4, 0.5) is 5.82 Å². The van der Waals surface area contributed by atoms with Gasteiger partial charge in [-0.1, -0.05) is 18.2 Å². The van der Waals surface area contributed by atoms with Crippen LogP contribution in [0.1, 0.15) is 6.42 Å². The second-order valence-electron chi connectivity index (χ2n) is 5.03. The molecule has 1 aliphatic heterocycles. The number of hydrogen-bond donors (Lipinski definition) is 3. The number of nitrogens with two attached hydrogens (primary N) is 1.